The van der Waals surface area contributed by atoms with Gasteiger partial charge in [0.2, 0.25) is 0 Å². The average Bonchev–Trinajstić information content (AvgIpc) is 2.47. The van der Waals surface area contributed by atoms with Crippen molar-refractivity contribution in [1.29, 1.82) is 0 Å². The molecule has 0 aliphatic heterocycles. The average molecular weight is 324 g/mol. The first-order chi connectivity index (χ1) is 11.0. The Morgan fingerprint density at radius 3 is 2.04 bits per heavy atom. The van der Waals surface area contributed by atoms with Gasteiger partial charge >= 0.3 is 5.97 Å². The van der Waals surface area contributed by atoms with Gasteiger partial charge in [-0.2, -0.15) is 0 Å². The molecule has 0 amide bonds. The van der Waals surface area contributed by atoms with Crippen LogP contribution in [0.5, 0.6) is 0 Å². The lowest BCUT2D eigenvalue weighted by atomic mass is 9.64. The number of aliphatic carboxylic acids is 1. The molecule has 0 aromatic heterocycles. The minimum Gasteiger partial charge on any atom is -0.481 e. The van der Waals surface area contributed by atoms with Crippen LogP contribution < -0.4 is 5.73 Å². The number of carbonyl (C=O) groups is 1. The summed E-state index contributed by atoms with van der Waals surface area (Å²) in [6.07, 6.45) is 17.6. The number of hydrogen-bond donors (Lipinski definition) is 2. The van der Waals surface area contributed by atoms with Crippen molar-refractivity contribution in [2.24, 2.45) is 23.5 Å². The summed E-state index contributed by atoms with van der Waals surface area (Å²) in [5, 5.41) is 9.46. The Kier molecular flexibility index (Phi) is 7.39. The largest absolute Gasteiger partial charge is 0.481 e. The molecule has 0 aromatic carbocycles. The van der Waals surface area contributed by atoms with E-state index < -0.39 is 17.4 Å². The third-order valence-corrected chi connectivity index (χ3v) is 6.49. The number of rotatable bonds is 2. The third-order valence-electron chi connectivity index (χ3n) is 6.49. The lowest BCUT2D eigenvalue weighted by Gasteiger charge is -2.43. The van der Waals surface area contributed by atoms with Crippen LogP contribution in [0.25, 0.3) is 0 Å². The van der Waals surface area contributed by atoms with Crippen molar-refractivity contribution in [2.75, 3.05) is 0 Å². The summed E-state index contributed by atoms with van der Waals surface area (Å²) < 4.78 is 0. The standard InChI is InChI=1S/C20H37NO2/c1-16(19(22)23)20(21)12-10-8-6-4-2-3-5-7-9-11-17-13-18(14-17)15-20/h16-18H,2-15,21H2,1H3,(H,22,23). The van der Waals surface area contributed by atoms with E-state index in [-0.39, 0.29) is 0 Å². The second-order valence-corrected chi connectivity index (χ2v) is 8.42. The molecule has 3 nitrogen and oxygen atoms in total. The van der Waals surface area contributed by atoms with E-state index in [0.717, 1.165) is 25.2 Å². The number of carboxylic acid groups (broad SMARTS) is 1. The summed E-state index contributed by atoms with van der Waals surface area (Å²) in [4.78, 5) is 11.5. The predicted octanol–water partition coefficient (Wildman–Crippen LogP) is 5.13. The molecule has 2 bridgehead atoms. The molecular weight excluding hydrogens is 286 g/mol. The molecule has 3 N–H and O–H groups in total. The van der Waals surface area contributed by atoms with Crippen LogP contribution in [0, 0.1) is 17.8 Å². The van der Waals surface area contributed by atoms with E-state index in [1.54, 1.807) is 0 Å². The summed E-state index contributed by atoms with van der Waals surface area (Å²) in [5.41, 5.74) is 6.14. The fraction of sp³-hybridized carbons (Fsp3) is 0.950. The van der Waals surface area contributed by atoms with Gasteiger partial charge < -0.3 is 10.8 Å². The van der Waals surface area contributed by atoms with Crippen molar-refractivity contribution >= 4 is 5.97 Å². The molecule has 23 heavy (non-hydrogen) atoms. The molecule has 0 radical (unpaired) electrons. The molecule has 3 saturated carbocycles. The highest BCUT2D eigenvalue weighted by Crippen LogP contribution is 2.43. The summed E-state index contributed by atoms with van der Waals surface area (Å²) in [5.74, 6) is 0.398. The second kappa shape index (κ2) is 9.05. The summed E-state index contributed by atoms with van der Waals surface area (Å²) in [7, 11) is 0. The number of hydrogen-bond acceptors (Lipinski definition) is 2. The Bertz CT molecular complexity index is 365. The van der Waals surface area contributed by atoms with Gasteiger partial charge in [0.15, 0.2) is 0 Å². The van der Waals surface area contributed by atoms with Crippen LogP contribution in [0.15, 0.2) is 0 Å². The van der Waals surface area contributed by atoms with Crippen LogP contribution in [-0.4, -0.2) is 16.6 Å². The highest BCUT2D eigenvalue weighted by atomic mass is 16.4. The van der Waals surface area contributed by atoms with Crippen molar-refractivity contribution in [3.63, 3.8) is 0 Å². The molecule has 134 valence electrons. The van der Waals surface area contributed by atoms with E-state index >= 15 is 0 Å². The van der Waals surface area contributed by atoms with Gasteiger partial charge in [-0.05, 0) is 37.5 Å². The van der Waals surface area contributed by atoms with Crippen LogP contribution in [-0.2, 0) is 4.79 Å². The number of nitrogens with two attached hydrogens (primary N) is 1. The zero-order chi connectivity index (χ0) is 16.7. The van der Waals surface area contributed by atoms with Crippen LogP contribution in [0.3, 0.4) is 0 Å². The first kappa shape index (κ1) is 18.8. The van der Waals surface area contributed by atoms with E-state index in [1.807, 2.05) is 6.92 Å². The minimum atomic E-state index is -0.724. The maximum absolute atomic E-state index is 11.5. The van der Waals surface area contributed by atoms with Gasteiger partial charge in [-0.25, -0.2) is 0 Å². The Hall–Kier alpha value is -0.570. The van der Waals surface area contributed by atoms with E-state index in [4.69, 9.17) is 5.73 Å². The van der Waals surface area contributed by atoms with Crippen LogP contribution >= 0.6 is 0 Å². The van der Waals surface area contributed by atoms with Gasteiger partial charge in [0.1, 0.15) is 0 Å². The van der Waals surface area contributed by atoms with Crippen molar-refractivity contribution in [3.05, 3.63) is 0 Å². The SMILES string of the molecule is CC(C(=O)O)C1(N)CCCCCCCCCCCC2CC(C2)C1. The fourth-order valence-electron chi connectivity index (χ4n) is 4.68. The van der Waals surface area contributed by atoms with Gasteiger partial charge in [-0.3, -0.25) is 4.79 Å². The molecule has 0 spiro atoms. The molecule has 0 aromatic rings. The number of fused-ring (bicyclic) bond motifs is 12. The van der Waals surface area contributed by atoms with E-state index in [0.29, 0.717) is 5.92 Å². The Balaban J connectivity index is 1.91. The van der Waals surface area contributed by atoms with Crippen LogP contribution in [0.1, 0.15) is 96.8 Å². The first-order valence-electron chi connectivity index (χ1n) is 10.0. The lowest BCUT2D eigenvalue weighted by Crippen LogP contribution is -2.51. The topological polar surface area (TPSA) is 63.3 Å². The summed E-state index contributed by atoms with van der Waals surface area (Å²) in [6.45, 7) is 1.82. The Labute approximate surface area is 142 Å². The lowest BCUT2D eigenvalue weighted by molar-refractivity contribution is -0.144. The van der Waals surface area contributed by atoms with Crippen LogP contribution in [0.4, 0.5) is 0 Å². The monoisotopic (exact) mass is 323 g/mol. The van der Waals surface area contributed by atoms with Gasteiger partial charge in [0.25, 0.3) is 0 Å². The highest BCUT2D eigenvalue weighted by molar-refractivity contribution is 5.71. The molecular formula is C20H37NO2. The van der Waals surface area contributed by atoms with E-state index in [1.165, 1.54) is 70.6 Å². The first-order valence-corrected chi connectivity index (χ1v) is 10.0. The maximum Gasteiger partial charge on any atom is 0.308 e. The highest BCUT2D eigenvalue weighted by Gasteiger charge is 2.41. The van der Waals surface area contributed by atoms with Gasteiger partial charge in [-0.15, -0.1) is 0 Å². The van der Waals surface area contributed by atoms with Crippen molar-refractivity contribution in [3.8, 4) is 0 Å². The van der Waals surface area contributed by atoms with Crippen molar-refractivity contribution < 1.29 is 9.90 Å². The quantitative estimate of drug-likeness (QED) is 0.741. The zero-order valence-corrected chi connectivity index (χ0v) is 15.1. The van der Waals surface area contributed by atoms with E-state index in [2.05, 4.69) is 0 Å². The number of carboxylic acids is 1. The van der Waals surface area contributed by atoms with Crippen LogP contribution in [0.2, 0.25) is 0 Å². The fourth-order valence-corrected chi connectivity index (χ4v) is 4.68. The van der Waals surface area contributed by atoms with Crippen molar-refractivity contribution in [2.45, 2.75) is 102 Å². The summed E-state index contributed by atoms with van der Waals surface area (Å²) >= 11 is 0. The second-order valence-electron chi connectivity index (χ2n) is 8.42. The van der Waals surface area contributed by atoms with Crippen molar-refractivity contribution in [1.82, 2.24) is 0 Å². The van der Waals surface area contributed by atoms with Gasteiger partial charge in [0.05, 0.1) is 5.92 Å². The predicted molar refractivity (Wildman–Crippen MR) is 95.3 cm³/mol. The normalized spacial score (nSPS) is 35.9. The molecule has 3 aliphatic rings. The molecule has 0 saturated heterocycles. The Morgan fingerprint density at radius 1 is 0.957 bits per heavy atom. The molecule has 2 atom stereocenters. The molecule has 2 unspecified atom stereocenters. The minimum absolute atomic E-state index is 0.430. The van der Waals surface area contributed by atoms with E-state index in [9.17, 15) is 9.90 Å². The molecule has 3 fully saturated rings. The van der Waals surface area contributed by atoms with Gasteiger partial charge in [-0.1, -0.05) is 71.1 Å². The maximum atomic E-state index is 11.5. The molecule has 3 rings (SSSR count). The molecule has 3 heteroatoms. The summed E-state index contributed by atoms with van der Waals surface area (Å²) in [6, 6.07) is 0. The van der Waals surface area contributed by atoms with Gasteiger partial charge in [0, 0.05) is 5.54 Å². The molecule has 3 aliphatic carbocycles. The third kappa shape index (κ3) is 5.77. The molecule has 0 heterocycles. The Morgan fingerprint density at radius 2 is 1.48 bits per heavy atom. The zero-order valence-electron chi connectivity index (χ0n) is 15.1. The smallest absolute Gasteiger partial charge is 0.308 e.